The number of fused-ring (bicyclic) bond motifs is 4. The van der Waals surface area contributed by atoms with Crippen molar-refractivity contribution < 1.29 is 10.0 Å². The molecule has 0 saturated heterocycles. The third kappa shape index (κ3) is 2.27. The van der Waals surface area contributed by atoms with Gasteiger partial charge in [-0.2, -0.15) is 5.10 Å². The number of hydrogen-bond acceptors (Lipinski definition) is 5. The number of benzene rings is 1. The number of hydrogen-bond donors (Lipinski definition) is 4. The Labute approximate surface area is 149 Å². The van der Waals surface area contributed by atoms with E-state index < -0.39 is 7.12 Å². The minimum absolute atomic E-state index is 0.0175. The van der Waals surface area contributed by atoms with Crippen LogP contribution >= 0.6 is 11.3 Å². The van der Waals surface area contributed by atoms with Crippen LogP contribution in [0.25, 0.3) is 16.5 Å². The molecule has 0 spiro atoms. The van der Waals surface area contributed by atoms with Gasteiger partial charge in [-0.15, -0.1) is 11.3 Å². The quantitative estimate of drug-likeness (QED) is 0.535. The van der Waals surface area contributed by atoms with E-state index in [1.165, 1.54) is 29.6 Å². The van der Waals surface area contributed by atoms with Crippen LogP contribution in [0.2, 0.25) is 0 Å². The van der Waals surface area contributed by atoms with E-state index in [1.54, 1.807) is 11.3 Å². The van der Waals surface area contributed by atoms with Crippen LogP contribution in [0.4, 0.5) is 5.69 Å². The van der Waals surface area contributed by atoms with Crippen molar-refractivity contribution in [2.45, 2.75) is 31.7 Å². The second-order valence-electron chi connectivity index (χ2n) is 6.72. The smallest absolute Gasteiger partial charge is 0.423 e. The lowest BCUT2D eigenvalue weighted by Crippen LogP contribution is -2.34. The summed E-state index contributed by atoms with van der Waals surface area (Å²) in [7, 11) is -1.44. The number of anilines is 1. The maximum atomic E-state index is 9.73. The third-order valence-electron chi connectivity index (χ3n) is 5.35. The van der Waals surface area contributed by atoms with Crippen molar-refractivity contribution in [1.82, 2.24) is 10.2 Å². The molecule has 1 atom stereocenters. The van der Waals surface area contributed by atoms with Crippen molar-refractivity contribution in [3.05, 3.63) is 45.8 Å². The number of H-pyrrole nitrogens is 1. The summed E-state index contributed by atoms with van der Waals surface area (Å²) in [6.45, 7) is 0. The molecule has 126 valence electrons. The van der Waals surface area contributed by atoms with Crippen LogP contribution in [0, 0.1) is 0 Å². The molecule has 1 aromatic carbocycles. The van der Waals surface area contributed by atoms with E-state index in [4.69, 9.17) is 0 Å². The normalized spacial score (nSPS) is 19.5. The molecule has 0 amide bonds. The van der Waals surface area contributed by atoms with Crippen LogP contribution in [0.1, 0.15) is 42.2 Å². The average molecular weight is 351 g/mol. The van der Waals surface area contributed by atoms with Crippen LogP contribution in [0.3, 0.4) is 0 Å². The standard InChI is InChI=1S/C18H18BN3O2S/c23-19(24)13-7-8-25-18(13)17-11-4-2-1-3-10(11)16-12-9-20-22-14(12)5-6-15(16)21-17/h5-9,17,21,23-24H,1-4H2,(H,20,22). The first-order valence-corrected chi connectivity index (χ1v) is 9.50. The van der Waals surface area contributed by atoms with Gasteiger partial charge in [0.05, 0.1) is 17.8 Å². The molecule has 0 bridgehead atoms. The molecule has 1 aliphatic heterocycles. The van der Waals surface area contributed by atoms with Crippen LogP contribution < -0.4 is 10.8 Å². The first kappa shape index (κ1) is 15.2. The SMILES string of the molecule is OB(O)c1ccsc1C1Nc2ccc3[nH]ncc3c2C2=C1CCCC2. The average Bonchev–Trinajstić information content (AvgIpc) is 3.29. The zero-order valence-corrected chi connectivity index (χ0v) is 14.4. The minimum atomic E-state index is -1.44. The summed E-state index contributed by atoms with van der Waals surface area (Å²) in [4.78, 5) is 1.00. The fourth-order valence-corrected chi connectivity index (χ4v) is 5.25. The summed E-state index contributed by atoms with van der Waals surface area (Å²) in [5, 5.41) is 33.5. The zero-order valence-electron chi connectivity index (χ0n) is 13.6. The number of aromatic nitrogens is 2. The van der Waals surface area contributed by atoms with Gasteiger partial charge in [-0.1, -0.05) is 6.07 Å². The van der Waals surface area contributed by atoms with Crippen LogP contribution in [-0.4, -0.2) is 27.4 Å². The lowest BCUT2D eigenvalue weighted by molar-refractivity contribution is 0.425. The predicted octanol–water partition coefficient (Wildman–Crippen LogP) is 2.80. The number of nitrogens with zero attached hydrogens (tertiary/aromatic N) is 1. The highest BCUT2D eigenvalue weighted by molar-refractivity contribution is 7.11. The zero-order chi connectivity index (χ0) is 17.0. The fourth-order valence-electron chi connectivity index (χ4n) is 4.24. The summed E-state index contributed by atoms with van der Waals surface area (Å²) < 4.78 is 0. The Hall–Kier alpha value is -2.09. The van der Waals surface area contributed by atoms with Crippen molar-refractivity contribution in [2.75, 3.05) is 5.32 Å². The number of nitrogens with one attached hydrogen (secondary N) is 2. The second-order valence-corrected chi connectivity index (χ2v) is 7.67. The Balaban J connectivity index is 1.73. The maximum absolute atomic E-state index is 9.73. The van der Waals surface area contributed by atoms with Crippen molar-refractivity contribution in [3.8, 4) is 0 Å². The molecule has 1 unspecified atom stereocenters. The van der Waals surface area contributed by atoms with E-state index in [2.05, 4.69) is 27.6 Å². The van der Waals surface area contributed by atoms with Crippen molar-refractivity contribution >= 4 is 46.1 Å². The number of thiophene rings is 1. The Morgan fingerprint density at radius 2 is 2.04 bits per heavy atom. The molecular formula is C18H18BN3O2S. The van der Waals surface area contributed by atoms with E-state index in [0.717, 1.165) is 34.3 Å². The van der Waals surface area contributed by atoms with Crippen LogP contribution in [0.5, 0.6) is 0 Å². The van der Waals surface area contributed by atoms with Crippen molar-refractivity contribution in [3.63, 3.8) is 0 Å². The third-order valence-corrected chi connectivity index (χ3v) is 6.35. The minimum Gasteiger partial charge on any atom is -0.423 e. The summed E-state index contributed by atoms with van der Waals surface area (Å²) in [6.07, 6.45) is 6.38. The highest BCUT2D eigenvalue weighted by atomic mass is 32.1. The first-order chi connectivity index (χ1) is 12.2. The molecule has 0 saturated carbocycles. The molecule has 2 aliphatic rings. The molecule has 5 nitrogen and oxygen atoms in total. The molecule has 0 radical (unpaired) electrons. The highest BCUT2D eigenvalue weighted by Gasteiger charge is 2.34. The molecule has 0 fully saturated rings. The molecular weight excluding hydrogens is 333 g/mol. The second kappa shape index (κ2) is 5.73. The van der Waals surface area contributed by atoms with Crippen LogP contribution in [0.15, 0.2) is 35.3 Å². The van der Waals surface area contributed by atoms with Gasteiger partial charge in [-0.3, -0.25) is 5.10 Å². The van der Waals surface area contributed by atoms with E-state index >= 15 is 0 Å². The number of allylic oxidation sites excluding steroid dienone is 1. The molecule has 5 rings (SSSR count). The van der Waals surface area contributed by atoms with Gasteiger partial charge in [0.1, 0.15) is 0 Å². The number of aromatic amines is 1. The Morgan fingerprint density at radius 3 is 2.92 bits per heavy atom. The maximum Gasteiger partial charge on any atom is 0.489 e. The van der Waals surface area contributed by atoms with Crippen molar-refractivity contribution in [2.24, 2.45) is 0 Å². The fraction of sp³-hybridized carbons (Fsp3) is 0.278. The molecule has 3 heterocycles. The lowest BCUT2D eigenvalue weighted by atomic mass is 9.74. The first-order valence-electron chi connectivity index (χ1n) is 8.62. The van der Waals surface area contributed by atoms with Gasteiger partial charge in [0.25, 0.3) is 0 Å². The van der Waals surface area contributed by atoms with Gasteiger partial charge in [0, 0.05) is 21.5 Å². The molecule has 7 heteroatoms. The van der Waals surface area contributed by atoms with Crippen molar-refractivity contribution in [1.29, 1.82) is 0 Å². The summed E-state index contributed by atoms with van der Waals surface area (Å²) in [5.41, 5.74) is 6.82. The molecule has 1 aliphatic carbocycles. The molecule has 3 aromatic rings. The molecule has 2 aromatic heterocycles. The monoisotopic (exact) mass is 351 g/mol. The Morgan fingerprint density at radius 1 is 1.16 bits per heavy atom. The number of rotatable bonds is 2. The van der Waals surface area contributed by atoms with Gasteiger partial charge in [-0.05, 0) is 59.8 Å². The summed E-state index contributed by atoms with van der Waals surface area (Å²) >= 11 is 1.58. The van der Waals surface area contributed by atoms with E-state index in [0.29, 0.717) is 5.46 Å². The lowest BCUT2D eigenvalue weighted by Gasteiger charge is -2.35. The highest BCUT2D eigenvalue weighted by Crippen LogP contribution is 2.49. The van der Waals surface area contributed by atoms with E-state index in [9.17, 15) is 10.0 Å². The Kier molecular flexibility index (Phi) is 3.48. The van der Waals surface area contributed by atoms with Crippen LogP contribution in [-0.2, 0) is 0 Å². The van der Waals surface area contributed by atoms with Gasteiger partial charge < -0.3 is 15.4 Å². The van der Waals surface area contributed by atoms with E-state index in [1.807, 2.05) is 17.6 Å². The van der Waals surface area contributed by atoms with Gasteiger partial charge in [0.15, 0.2) is 0 Å². The predicted molar refractivity (Wildman–Crippen MR) is 102 cm³/mol. The largest absolute Gasteiger partial charge is 0.489 e. The summed E-state index contributed by atoms with van der Waals surface area (Å²) in [5.74, 6) is 0. The van der Waals surface area contributed by atoms with Gasteiger partial charge in [0.2, 0.25) is 0 Å². The summed E-state index contributed by atoms with van der Waals surface area (Å²) in [6, 6.07) is 5.98. The molecule has 25 heavy (non-hydrogen) atoms. The van der Waals surface area contributed by atoms with Gasteiger partial charge in [-0.25, -0.2) is 0 Å². The van der Waals surface area contributed by atoms with E-state index in [-0.39, 0.29) is 6.04 Å². The topological polar surface area (TPSA) is 81.2 Å². The molecule has 4 N–H and O–H groups in total. The van der Waals surface area contributed by atoms with Gasteiger partial charge >= 0.3 is 7.12 Å². The Bertz CT molecular complexity index is 991.